The summed E-state index contributed by atoms with van der Waals surface area (Å²) >= 11 is 0. The van der Waals surface area contributed by atoms with E-state index >= 15 is 0 Å². The van der Waals surface area contributed by atoms with Gasteiger partial charge < -0.3 is 9.46 Å². The second-order valence-corrected chi connectivity index (χ2v) is 8.70. The quantitative estimate of drug-likeness (QED) is 0.459. The van der Waals surface area contributed by atoms with Crippen molar-refractivity contribution in [3.8, 4) is 0 Å². The van der Waals surface area contributed by atoms with E-state index in [9.17, 15) is 4.57 Å². The van der Waals surface area contributed by atoms with Gasteiger partial charge in [-0.3, -0.25) is 0 Å². The minimum absolute atomic E-state index is 0.866. The van der Waals surface area contributed by atoms with Gasteiger partial charge >= 0.3 is 0 Å². The maximum absolute atomic E-state index is 13.8. The molecule has 0 heterocycles. The molecule has 0 saturated heterocycles. The fourth-order valence-electron chi connectivity index (χ4n) is 2.80. The lowest BCUT2D eigenvalue weighted by Crippen LogP contribution is -2.18. The van der Waals surface area contributed by atoms with E-state index in [2.05, 4.69) is 24.9 Å². The summed E-state index contributed by atoms with van der Waals surface area (Å²) in [5.41, 5.74) is 0. The lowest BCUT2D eigenvalue weighted by atomic mass is 10.3. The van der Waals surface area contributed by atoms with Crippen LogP contribution in [0.5, 0.6) is 0 Å². The molecule has 0 unspecified atom stereocenters. The molecular formula is C22H28NOP. The van der Waals surface area contributed by atoms with Crippen LogP contribution in [0.2, 0.25) is 0 Å². The highest BCUT2D eigenvalue weighted by atomic mass is 31.2. The second kappa shape index (κ2) is 10.1. The molecule has 0 fully saturated rings. The van der Waals surface area contributed by atoms with Crippen LogP contribution in [0.25, 0.3) is 0 Å². The zero-order valence-electron chi connectivity index (χ0n) is 15.2. The fraction of sp³-hybridized carbons (Fsp3) is 0.273. The van der Waals surface area contributed by atoms with E-state index < -0.39 is 7.14 Å². The van der Waals surface area contributed by atoms with E-state index in [1.807, 2.05) is 78.6 Å². The number of benzene rings is 2. The average Bonchev–Trinajstić information content (AvgIpc) is 2.67. The summed E-state index contributed by atoms with van der Waals surface area (Å²) in [6, 6.07) is 19.5. The van der Waals surface area contributed by atoms with Gasteiger partial charge in [-0.15, -0.1) is 0 Å². The summed E-state index contributed by atoms with van der Waals surface area (Å²) in [5, 5.41) is 1.73. The SMILES string of the molecule is CCCN(C=CC=CP(=O)(c1ccccc1)c1ccccc1)CCC. The highest BCUT2D eigenvalue weighted by Gasteiger charge is 2.23. The summed E-state index contributed by atoms with van der Waals surface area (Å²) < 4.78 is 13.8. The molecule has 0 saturated carbocycles. The molecule has 2 aromatic rings. The molecule has 0 aliphatic rings. The highest BCUT2D eigenvalue weighted by molar-refractivity contribution is 7.81. The first-order valence-corrected chi connectivity index (χ1v) is 10.8. The Morgan fingerprint density at radius 3 is 1.72 bits per heavy atom. The molecule has 0 N–H and O–H groups in total. The Balaban J connectivity index is 2.27. The van der Waals surface area contributed by atoms with Crippen LogP contribution in [0, 0.1) is 0 Å². The predicted molar refractivity (Wildman–Crippen MR) is 110 cm³/mol. The smallest absolute Gasteiger partial charge is 0.164 e. The molecule has 3 heteroatoms. The zero-order chi connectivity index (χ0) is 18.0. The molecule has 2 nitrogen and oxygen atoms in total. The number of rotatable bonds is 9. The van der Waals surface area contributed by atoms with E-state index in [4.69, 9.17) is 0 Å². The van der Waals surface area contributed by atoms with Crippen molar-refractivity contribution in [3.05, 3.63) is 84.8 Å². The zero-order valence-corrected chi connectivity index (χ0v) is 16.1. The Kier molecular flexibility index (Phi) is 7.76. The highest BCUT2D eigenvalue weighted by Crippen LogP contribution is 2.44. The van der Waals surface area contributed by atoms with Crippen molar-refractivity contribution in [2.75, 3.05) is 13.1 Å². The maximum Gasteiger partial charge on any atom is 0.164 e. The first-order chi connectivity index (χ1) is 12.2. The Hall–Kier alpha value is -2.05. The van der Waals surface area contributed by atoms with Crippen molar-refractivity contribution in [2.24, 2.45) is 0 Å². The van der Waals surface area contributed by atoms with E-state index in [0.717, 1.165) is 36.5 Å². The normalized spacial score (nSPS) is 12.1. The molecule has 2 rings (SSSR count). The molecule has 0 aliphatic carbocycles. The largest absolute Gasteiger partial charge is 0.377 e. The van der Waals surface area contributed by atoms with Gasteiger partial charge in [-0.05, 0) is 30.9 Å². The van der Waals surface area contributed by atoms with Crippen molar-refractivity contribution in [1.82, 2.24) is 4.90 Å². The number of allylic oxidation sites excluding steroid dienone is 2. The first kappa shape index (κ1) is 19.3. The number of hydrogen-bond acceptors (Lipinski definition) is 2. The van der Waals surface area contributed by atoms with Gasteiger partial charge in [0.15, 0.2) is 7.14 Å². The van der Waals surface area contributed by atoms with Crippen molar-refractivity contribution in [3.63, 3.8) is 0 Å². The van der Waals surface area contributed by atoms with Gasteiger partial charge in [-0.2, -0.15) is 0 Å². The Bertz CT molecular complexity index is 673. The molecule has 0 aliphatic heterocycles. The lowest BCUT2D eigenvalue weighted by molar-refractivity contribution is 0.376. The summed E-state index contributed by atoms with van der Waals surface area (Å²) in [4.78, 5) is 2.31. The summed E-state index contributed by atoms with van der Waals surface area (Å²) in [6.45, 7) is 6.47. The molecule has 132 valence electrons. The van der Waals surface area contributed by atoms with Gasteiger partial charge in [-0.1, -0.05) is 80.6 Å². The van der Waals surface area contributed by atoms with E-state index in [0.29, 0.717) is 0 Å². The standard InChI is InChI=1S/C22H28NOP/c1-3-17-23(18-4-2)19-11-12-20-25(24,21-13-7-5-8-14-21)22-15-9-6-10-16-22/h5-16,19-20H,3-4,17-18H2,1-2H3. The molecule has 0 radical (unpaired) electrons. The van der Waals surface area contributed by atoms with Gasteiger partial charge in [0.05, 0.1) is 0 Å². The van der Waals surface area contributed by atoms with Crippen LogP contribution in [-0.4, -0.2) is 18.0 Å². The number of nitrogens with zero attached hydrogens (tertiary/aromatic N) is 1. The summed E-state index contributed by atoms with van der Waals surface area (Å²) in [5.74, 6) is 1.87. The van der Waals surface area contributed by atoms with Gasteiger partial charge in [-0.25, -0.2) is 0 Å². The van der Waals surface area contributed by atoms with Crippen LogP contribution in [0.1, 0.15) is 26.7 Å². The Morgan fingerprint density at radius 1 is 0.800 bits per heavy atom. The molecule has 2 aromatic carbocycles. The Morgan fingerprint density at radius 2 is 1.28 bits per heavy atom. The van der Waals surface area contributed by atoms with Crippen molar-refractivity contribution < 1.29 is 4.57 Å². The molecule has 0 aromatic heterocycles. The lowest BCUT2D eigenvalue weighted by Gasteiger charge is -2.18. The predicted octanol–water partition coefficient (Wildman–Crippen LogP) is 5.15. The van der Waals surface area contributed by atoms with E-state index in [1.165, 1.54) is 0 Å². The van der Waals surface area contributed by atoms with Crippen molar-refractivity contribution in [1.29, 1.82) is 0 Å². The van der Waals surface area contributed by atoms with E-state index in [-0.39, 0.29) is 0 Å². The van der Waals surface area contributed by atoms with Gasteiger partial charge in [0, 0.05) is 23.7 Å². The molecule has 0 atom stereocenters. The van der Waals surface area contributed by atoms with Crippen LogP contribution in [0.4, 0.5) is 0 Å². The van der Waals surface area contributed by atoms with Gasteiger partial charge in [0.2, 0.25) is 0 Å². The third-order valence-electron chi connectivity index (χ3n) is 4.01. The van der Waals surface area contributed by atoms with E-state index in [1.54, 1.807) is 0 Å². The Labute approximate surface area is 152 Å². The first-order valence-electron chi connectivity index (χ1n) is 9.01. The number of hydrogen-bond donors (Lipinski definition) is 0. The third-order valence-corrected chi connectivity index (χ3v) is 6.73. The van der Waals surface area contributed by atoms with Crippen LogP contribution >= 0.6 is 7.14 Å². The van der Waals surface area contributed by atoms with Crippen LogP contribution in [-0.2, 0) is 4.57 Å². The topological polar surface area (TPSA) is 20.3 Å². The molecule has 0 spiro atoms. The van der Waals surface area contributed by atoms with Gasteiger partial charge in [0.1, 0.15) is 0 Å². The molecule has 0 amide bonds. The summed E-state index contributed by atoms with van der Waals surface area (Å²) in [7, 11) is -2.77. The molecular weight excluding hydrogens is 325 g/mol. The monoisotopic (exact) mass is 353 g/mol. The minimum Gasteiger partial charge on any atom is -0.377 e. The van der Waals surface area contributed by atoms with Crippen LogP contribution < -0.4 is 10.6 Å². The minimum atomic E-state index is -2.77. The van der Waals surface area contributed by atoms with Crippen LogP contribution in [0.15, 0.2) is 84.8 Å². The van der Waals surface area contributed by atoms with Crippen LogP contribution in [0.3, 0.4) is 0 Å². The van der Waals surface area contributed by atoms with Gasteiger partial charge in [0.25, 0.3) is 0 Å². The van der Waals surface area contributed by atoms with Crippen molar-refractivity contribution >= 4 is 17.8 Å². The third kappa shape index (κ3) is 5.47. The molecule has 25 heavy (non-hydrogen) atoms. The van der Waals surface area contributed by atoms with Crippen molar-refractivity contribution in [2.45, 2.75) is 26.7 Å². The average molecular weight is 353 g/mol. The summed E-state index contributed by atoms with van der Waals surface area (Å²) in [6.07, 6.45) is 8.29. The molecule has 0 bridgehead atoms. The second-order valence-electron chi connectivity index (χ2n) is 6.05. The maximum atomic E-state index is 13.8. The fourth-order valence-corrected chi connectivity index (χ4v) is 5.01.